The zero-order valence-corrected chi connectivity index (χ0v) is 37.9. The maximum absolute atomic E-state index is 14.4. The molecular formula is C44H66F2N4O11. The van der Waals surface area contributed by atoms with Crippen LogP contribution in [0.5, 0.6) is 11.5 Å². The molecule has 2 aromatic rings. The van der Waals surface area contributed by atoms with Gasteiger partial charge in [-0.2, -0.15) is 0 Å². The third kappa shape index (κ3) is 21.4. The van der Waals surface area contributed by atoms with Crippen LogP contribution < -0.4 is 14.8 Å². The summed E-state index contributed by atoms with van der Waals surface area (Å²) in [5.41, 5.74) is -1.49. The fourth-order valence-electron chi connectivity index (χ4n) is 5.44. The van der Waals surface area contributed by atoms with E-state index in [0.29, 0.717) is 44.6 Å². The zero-order chi connectivity index (χ0) is 46.2. The Balaban J connectivity index is 0.000000349. The van der Waals surface area contributed by atoms with Gasteiger partial charge < -0.3 is 43.5 Å². The molecular weight excluding hydrogens is 798 g/mol. The van der Waals surface area contributed by atoms with Gasteiger partial charge in [0.2, 0.25) is 0 Å². The highest BCUT2D eigenvalue weighted by atomic mass is 19.1. The van der Waals surface area contributed by atoms with E-state index in [1.165, 1.54) is 18.2 Å². The summed E-state index contributed by atoms with van der Waals surface area (Å²) < 4.78 is 59.1. The van der Waals surface area contributed by atoms with Crippen LogP contribution in [0.25, 0.3) is 0 Å². The lowest BCUT2D eigenvalue weighted by Gasteiger charge is -2.35. The maximum atomic E-state index is 14.4. The number of amides is 2. The Morgan fingerprint density at radius 1 is 0.590 bits per heavy atom. The van der Waals surface area contributed by atoms with Gasteiger partial charge in [-0.3, -0.25) is 9.69 Å². The molecule has 2 saturated heterocycles. The number of carbonyl (C=O) groups is 5. The molecule has 2 amide bonds. The number of halogens is 2. The van der Waals surface area contributed by atoms with E-state index >= 15 is 0 Å². The van der Waals surface area contributed by atoms with E-state index in [1.54, 1.807) is 63.5 Å². The van der Waals surface area contributed by atoms with Gasteiger partial charge in [0.25, 0.3) is 0 Å². The quantitative estimate of drug-likeness (QED) is 0.160. The molecule has 0 radical (unpaired) electrons. The van der Waals surface area contributed by atoms with Crippen molar-refractivity contribution < 1.29 is 61.2 Å². The number of rotatable bonds is 9. The average molecular weight is 865 g/mol. The van der Waals surface area contributed by atoms with Crippen molar-refractivity contribution in [1.82, 2.24) is 20.0 Å². The largest absolute Gasteiger partial charge is 0.478 e. The molecule has 2 heterocycles. The van der Waals surface area contributed by atoms with E-state index in [0.717, 1.165) is 32.2 Å². The van der Waals surface area contributed by atoms with Crippen molar-refractivity contribution in [3.63, 3.8) is 0 Å². The first-order valence-electron chi connectivity index (χ1n) is 20.3. The number of hydrogen-bond acceptors (Lipinski definition) is 13. The number of ether oxygens (including phenoxy) is 6. The topological polar surface area (TPSA) is 162 Å². The molecule has 1 N–H and O–H groups in total. The van der Waals surface area contributed by atoms with Crippen LogP contribution in [0.2, 0.25) is 0 Å². The summed E-state index contributed by atoms with van der Waals surface area (Å²) in [6.45, 7) is 26.7. The molecule has 2 aliphatic rings. The lowest BCUT2D eigenvalue weighted by Crippen LogP contribution is -2.49. The number of para-hydroxylation sites is 2. The minimum Gasteiger partial charge on any atom is -0.478 e. The Kier molecular flexibility index (Phi) is 19.9. The molecule has 4 rings (SSSR count). The minimum atomic E-state index is -0.692. The first kappa shape index (κ1) is 52.1. The summed E-state index contributed by atoms with van der Waals surface area (Å²) in [4.78, 5) is 63.2. The van der Waals surface area contributed by atoms with Crippen LogP contribution in [0.4, 0.5) is 18.4 Å². The van der Waals surface area contributed by atoms with Crippen molar-refractivity contribution in [2.45, 2.75) is 112 Å². The van der Waals surface area contributed by atoms with E-state index in [4.69, 9.17) is 28.4 Å². The van der Waals surface area contributed by atoms with E-state index in [-0.39, 0.29) is 41.5 Å². The molecule has 0 atom stereocenters. The lowest BCUT2D eigenvalue weighted by atomic mass is 10.1. The van der Waals surface area contributed by atoms with Gasteiger partial charge in [-0.1, -0.05) is 18.2 Å². The Labute approximate surface area is 359 Å². The Bertz CT molecular complexity index is 1750. The number of aldehydes is 1. The van der Waals surface area contributed by atoms with E-state index in [9.17, 15) is 32.8 Å². The van der Waals surface area contributed by atoms with Crippen molar-refractivity contribution in [2.24, 2.45) is 0 Å². The minimum absolute atomic E-state index is 0.0536. The van der Waals surface area contributed by atoms with Gasteiger partial charge in [0.1, 0.15) is 22.4 Å². The molecule has 342 valence electrons. The number of benzene rings is 2. The lowest BCUT2D eigenvalue weighted by molar-refractivity contribution is -0.158. The van der Waals surface area contributed by atoms with Crippen LogP contribution in [0, 0.1) is 11.6 Å². The van der Waals surface area contributed by atoms with Crippen LogP contribution >= 0.6 is 0 Å². The summed E-state index contributed by atoms with van der Waals surface area (Å²) in [7, 11) is 0. The van der Waals surface area contributed by atoms with Crippen LogP contribution in [0.1, 0.15) is 99.0 Å². The first-order valence-corrected chi connectivity index (χ1v) is 20.3. The van der Waals surface area contributed by atoms with Crippen molar-refractivity contribution in [3.8, 4) is 11.5 Å². The second-order valence-corrected chi connectivity index (χ2v) is 18.2. The van der Waals surface area contributed by atoms with Crippen LogP contribution in [-0.2, 0) is 35.1 Å². The number of carbonyl (C=O) groups excluding carboxylic acids is 5. The second kappa shape index (κ2) is 23.3. The molecule has 0 bridgehead atoms. The molecule has 0 saturated carbocycles. The highest BCUT2D eigenvalue weighted by molar-refractivity contribution is 5.80. The fraction of sp³-hybridized carbons (Fsp3) is 0.614. The van der Waals surface area contributed by atoms with Crippen LogP contribution in [0.15, 0.2) is 36.4 Å². The van der Waals surface area contributed by atoms with Crippen LogP contribution in [-0.4, -0.2) is 133 Å². The maximum Gasteiger partial charge on any atom is 0.410 e. The average Bonchev–Trinajstić information content (AvgIpc) is 3.12. The van der Waals surface area contributed by atoms with Gasteiger partial charge in [-0.05, 0) is 101 Å². The van der Waals surface area contributed by atoms with E-state index < -0.39 is 47.0 Å². The number of nitrogens with zero attached hydrogens (tertiary/aromatic N) is 3. The summed E-state index contributed by atoms with van der Waals surface area (Å²) in [6.07, 6.45) is -0.0590. The number of esters is 2. The SMILES string of the molecule is CC(C)(C)OC(=O)COc1c(F)cccc1C=O.CC(C)(C)OC(=O)COc1c(F)cccc1CN1CCN(C(=O)OC(C)(C)C)CC1.CC(C)(C)OC(=O)N1CCNCC1. The Morgan fingerprint density at radius 3 is 1.44 bits per heavy atom. The van der Waals surface area contributed by atoms with Crippen molar-refractivity contribution in [1.29, 1.82) is 0 Å². The normalized spacial score (nSPS) is 14.9. The molecule has 2 aliphatic heterocycles. The molecule has 0 unspecified atom stereocenters. The first-order chi connectivity index (χ1) is 28.2. The van der Waals surface area contributed by atoms with E-state index in [2.05, 4.69) is 10.2 Å². The smallest absolute Gasteiger partial charge is 0.410 e. The van der Waals surface area contributed by atoms with Crippen molar-refractivity contribution >= 4 is 30.4 Å². The monoisotopic (exact) mass is 864 g/mol. The predicted molar refractivity (Wildman–Crippen MR) is 225 cm³/mol. The van der Waals surface area contributed by atoms with Gasteiger partial charge >= 0.3 is 24.1 Å². The molecule has 0 spiro atoms. The van der Waals surface area contributed by atoms with Gasteiger partial charge in [-0.25, -0.2) is 28.0 Å². The molecule has 61 heavy (non-hydrogen) atoms. The second-order valence-electron chi connectivity index (χ2n) is 18.2. The summed E-state index contributed by atoms with van der Waals surface area (Å²) in [5.74, 6) is -2.58. The van der Waals surface area contributed by atoms with Gasteiger partial charge in [0, 0.05) is 64.5 Å². The molecule has 17 heteroatoms. The Morgan fingerprint density at radius 2 is 1.00 bits per heavy atom. The van der Waals surface area contributed by atoms with Gasteiger partial charge in [0.15, 0.2) is 42.6 Å². The highest BCUT2D eigenvalue weighted by Gasteiger charge is 2.27. The number of hydrogen-bond donors (Lipinski definition) is 1. The zero-order valence-electron chi connectivity index (χ0n) is 37.9. The molecule has 0 aromatic heterocycles. The van der Waals surface area contributed by atoms with Crippen molar-refractivity contribution in [2.75, 3.05) is 65.6 Å². The number of piperazine rings is 2. The Hall–Kier alpha value is -5.03. The number of nitrogens with one attached hydrogen (secondary N) is 1. The standard InChI is InChI=1S/C22H33FN2O5.C13H15FO4.C9H18N2O2/c1-21(2,3)29-18(26)15-28-19-16(8-7-9-17(19)23)14-24-10-12-25(13-11-24)20(27)30-22(4,5)6;1-13(2,3)18-11(16)8-17-12-9(7-15)5-4-6-10(12)14;1-9(2,3)13-8(12)11-6-4-10-5-7-11/h7-9H,10-15H2,1-6H3;4-7H,8H2,1-3H3;10H,4-7H2,1-3H3. The highest BCUT2D eigenvalue weighted by Crippen LogP contribution is 2.26. The third-order valence-electron chi connectivity index (χ3n) is 7.87. The van der Waals surface area contributed by atoms with Gasteiger partial charge in [-0.15, -0.1) is 0 Å². The van der Waals surface area contributed by atoms with Crippen LogP contribution in [0.3, 0.4) is 0 Å². The summed E-state index contributed by atoms with van der Waals surface area (Å²) in [5, 5.41) is 3.18. The fourth-order valence-corrected chi connectivity index (χ4v) is 5.44. The predicted octanol–water partition coefficient (Wildman–Crippen LogP) is 6.78. The molecule has 2 aromatic carbocycles. The summed E-state index contributed by atoms with van der Waals surface area (Å²) in [6, 6.07) is 8.63. The van der Waals surface area contributed by atoms with E-state index in [1.807, 2.05) is 41.5 Å². The van der Waals surface area contributed by atoms with Crippen molar-refractivity contribution in [3.05, 3.63) is 59.2 Å². The third-order valence-corrected chi connectivity index (χ3v) is 7.87. The van der Waals surface area contributed by atoms with Gasteiger partial charge in [0.05, 0.1) is 5.56 Å². The molecule has 15 nitrogen and oxygen atoms in total. The summed E-state index contributed by atoms with van der Waals surface area (Å²) >= 11 is 0. The molecule has 0 aliphatic carbocycles. The molecule has 2 fully saturated rings.